The van der Waals surface area contributed by atoms with Crippen molar-refractivity contribution in [2.75, 3.05) is 0 Å². The first kappa shape index (κ1) is 30.6. The zero-order valence-corrected chi connectivity index (χ0v) is 28.6. The highest BCUT2D eigenvalue weighted by Gasteiger charge is 2.19. The fourth-order valence-electron chi connectivity index (χ4n) is 7.26. The van der Waals surface area contributed by atoms with Crippen LogP contribution in [-0.4, -0.2) is 15.0 Å². The molecule has 0 unspecified atom stereocenters. The molecule has 0 atom stereocenters. The van der Waals surface area contributed by atoms with E-state index in [-0.39, 0.29) is 0 Å². The Labute approximate surface area is 306 Å². The van der Waals surface area contributed by atoms with E-state index in [4.69, 9.17) is 19.4 Å². The molecule has 0 N–H and O–H groups in total. The van der Waals surface area contributed by atoms with Gasteiger partial charge in [0.1, 0.15) is 11.2 Å². The second kappa shape index (κ2) is 12.9. The SMILES string of the molecule is c1ccc(-c2ccc(-c3ccc(-c4nc(-c5ccccc5)nc(-c5cccc6oc7c(-c8ccc9ccccc9c8)cccc7c56)n4)cc3)cc2)cc1. The van der Waals surface area contributed by atoms with Crippen LogP contribution < -0.4 is 0 Å². The first-order valence-electron chi connectivity index (χ1n) is 17.8. The zero-order valence-electron chi connectivity index (χ0n) is 28.6. The van der Waals surface area contributed by atoms with Gasteiger partial charge in [-0.25, -0.2) is 15.0 Å². The van der Waals surface area contributed by atoms with Gasteiger partial charge in [-0.3, -0.25) is 0 Å². The quantitative estimate of drug-likeness (QED) is 0.176. The summed E-state index contributed by atoms with van der Waals surface area (Å²) in [6.07, 6.45) is 0. The van der Waals surface area contributed by atoms with Crippen LogP contribution in [0.4, 0.5) is 0 Å². The van der Waals surface area contributed by atoms with E-state index in [2.05, 4.69) is 140 Å². The monoisotopic (exact) mass is 677 g/mol. The van der Waals surface area contributed by atoms with Crippen molar-refractivity contribution in [2.45, 2.75) is 0 Å². The van der Waals surface area contributed by atoms with Crippen molar-refractivity contribution in [3.63, 3.8) is 0 Å². The van der Waals surface area contributed by atoms with Crippen molar-refractivity contribution in [3.05, 3.63) is 188 Å². The molecule has 10 aromatic rings. The number of furan rings is 1. The molecule has 0 fully saturated rings. The van der Waals surface area contributed by atoms with Crippen LogP contribution in [0.5, 0.6) is 0 Å². The van der Waals surface area contributed by atoms with Gasteiger partial charge < -0.3 is 4.42 Å². The van der Waals surface area contributed by atoms with Crippen LogP contribution in [0.2, 0.25) is 0 Å². The molecule has 248 valence electrons. The van der Waals surface area contributed by atoms with E-state index in [1.54, 1.807) is 0 Å². The Hall–Kier alpha value is -7.17. The van der Waals surface area contributed by atoms with Crippen LogP contribution in [0.3, 0.4) is 0 Å². The van der Waals surface area contributed by atoms with Crippen LogP contribution >= 0.6 is 0 Å². The average molecular weight is 678 g/mol. The Kier molecular flexibility index (Phi) is 7.43. The summed E-state index contributed by atoms with van der Waals surface area (Å²) in [4.78, 5) is 15.2. The van der Waals surface area contributed by atoms with Crippen molar-refractivity contribution in [1.29, 1.82) is 0 Å². The lowest BCUT2D eigenvalue weighted by molar-refractivity contribution is 0.670. The van der Waals surface area contributed by atoms with Gasteiger partial charge in [0.25, 0.3) is 0 Å². The molecule has 0 aliphatic heterocycles. The molecule has 0 saturated carbocycles. The predicted molar refractivity (Wildman–Crippen MR) is 217 cm³/mol. The molecule has 2 aromatic heterocycles. The van der Waals surface area contributed by atoms with Gasteiger partial charge in [-0.15, -0.1) is 0 Å². The summed E-state index contributed by atoms with van der Waals surface area (Å²) < 4.78 is 6.66. The summed E-state index contributed by atoms with van der Waals surface area (Å²) in [7, 11) is 0. The first-order chi connectivity index (χ1) is 26.2. The number of fused-ring (bicyclic) bond motifs is 4. The molecule has 8 aromatic carbocycles. The second-order valence-corrected chi connectivity index (χ2v) is 13.2. The van der Waals surface area contributed by atoms with Gasteiger partial charge in [-0.05, 0) is 50.7 Å². The second-order valence-electron chi connectivity index (χ2n) is 13.2. The number of benzene rings is 8. The topological polar surface area (TPSA) is 51.8 Å². The van der Waals surface area contributed by atoms with Gasteiger partial charge in [0.15, 0.2) is 17.5 Å². The third-order valence-corrected chi connectivity index (χ3v) is 9.96. The van der Waals surface area contributed by atoms with Crippen molar-refractivity contribution < 1.29 is 4.42 Å². The molecule has 0 spiro atoms. The third kappa shape index (κ3) is 5.63. The number of hydrogen-bond donors (Lipinski definition) is 0. The molecule has 0 aliphatic rings. The molecule has 0 amide bonds. The summed E-state index contributed by atoms with van der Waals surface area (Å²) in [6, 6.07) is 65.2. The number of para-hydroxylation sites is 1. The fraction of sp³-hybridized carbons (Fsp3) is 0. The minimum atomic E-state index is 0.596. The lowest BCUT2D eigenvalue weighted by atomic mass is 9.98. The Morgan fingerprint density at radius 2 is 0.811 bits per heavy atom. The van der Waals surface area contributed by atoms with E-state index in [9.17, 15) is 0 Å². The molecule has 53 heavy (non-hydrogen) atoms. The van der Waals surface area contributed by atoms with Crippen LogP contribution in [0.1, 0.15) is 0 Å². The molecule has 4 nitrogen and oxygen atoms in total. The Morgan fingerprint density at radius 3 is 1.49 bits per heavy atom. The average Bonchev–Trinajstić information content (AvgIpc) is 3.63. The van der Waals surface area contributed by atoms with Gasteiger partial charge in [-0.2, -0.15) is 0 Å². The first-order valence-corrected chi connectivity index (χ1v) is 17.8. The van der Waals surface area contributed by atoms with Gasteiger partial charge in [0.05, 0.1) is 0 Å². The van der Waals surface area contributed by atoms with E-state index in [1.165, 1.54) is 21.9 Å². The largest absolute Gasteiger partial charge is 0.455 e. The van der Waals surface area contributed by atoms with Gasteiger partial charge in [0.2, 0.25) is 0 Å². The number of rotatable bonds is 6. The Morgan fingerprint density at radius 1 is 0.321 bits per heavy atom. The molecule has 4 heteroatoms. The summed E-state index contributed by atoms with van der Waals surface area (Å²) in [5.74, 6) is 1.83. The molecular weight excluding hydrogens is 647 g/mol. The number of hydrogen-bond acceptors (Lipinski definition) is 4. The van der Waals surface area contributed by atoms with Crippen LogP contribution in [0, 0.1) is 0 Å². The maximum Gasteiger partial charge on any atom is 0.164 e. The predicted octanol–water partition coefficient (Wildman–Crippen LogP) is 12.9. The summed E-state index contributed by atoms with van der Waals surface area (Å²) in [5, 5.41) is 4.41. The smallest absolute Gasteiger partial charge is 0.164 e. The van der Waals surface area contributed by atoms with Crippen LogP contribution in [-0.2, 0) is 0 Å². The molecular formula is C49H31N3O. The standard InChI is InChI=1S/C49H31N3O/c1-3-11-32(12-4-1)34-21-23-35(24-22-34)36-25-28-38(29-26-36)48-50-47(37-14-5-2-6-15-37)51-49(52-48)43-19-10-20-44-45(43)42-18-9-17-41(46(42)53-44)40-30-27-33-13-7-8-16-39(33)31-40/h1-31H. The van der Waals surface area contributed by atoms with E-state index in [0.717, 1.165) is 60.9 Å². The van der Waals surface area contributed by atoms with Crippen LogP contribution in [0.15, 0.2) is 192 Å². The molecule has 10 rings (SSSR count). The maximum atomic E-state index is 6.66. The molecule has 0 bridgehead atoms. The molecule has 2 heterocycles. The van der Waals surface area contributed by atoms with Crippen molar-refractivity contribution in [3.8, 4) is 67.5 Å². The Balaban J connectivity index is 1.08. The normalized spacial score (nSPS) is 11.4. The van der Waals surface area contributed by atoms with E-state index < -0.39 is 0 Å². The fourth-order valence-corrected chi connectivity index (χ4v) is 7.26. The highest BCUT2D eigenvalue weighted by atomic mass is 16.3. The molecule has 0 radical (unpaired) electrons. The highest BCUT2D eigenvalue weighted by Crippen LogP contribution is 2.41. The van der Waals surface area contributed by atoms with Gasteiger partial charge in [0, 0.05) is 33.0 Å². The van der Waals surface area contributed by atoms with Crippen molar-refractivity contribution in [1.82, 2.24) is 15.0 Å². The summed E-state index contributed by atoms with van der Waals surface area (Å²) in [6.45, 7) is 0. The highest BCUT2D eigenvalue weighted by molar-refractivity contribution is 6.15. The van der Waals surface area contributed by atoms with Gasteiger partial charge in [-0.1, -0.05) is 176 Å². The molecule has 0 saturated heterocycles. The summed E-state index contributed by atoms with van der Waals surface area (Å²) in [5.41, 5.74) is 11.2. The van der Waals surface area contributed by atoms with Gasteiger partial charge >= 0.3 is 0 Å². The number of aromatic nitrogens is 3. The maximum absolute atomic E-state index is 6.66. The third-order valence-electron chi connectivity index (χ3n) is 9.96. The van der Waals surface area contributed by atoms with E-state index in [1.807, 2.05) is 48.5 Å². The van der Waals surface area contributed by atoms with Crippen molar-refractivity contribution in [2.24, 2.45) is 0 Å². The van der Waals surface area contributed by atoms with E-state index >= 15 is 0 Å². The Bertz CT molecular complexity index is 2910. The minimum Gasteiger partial charge on any atom is -0.455 e. The van der Waals surface area contributed by atoms with Crippen LogP contribution in [0.25, 0.3) is 100 Å². The summed E-state index contributed by atoms with van der Waals surface area (Å²) >= 11 is 0. The van der Waals surface area contributed by atoms with Crippen molar-refractivity contribution >= 4 is 32.7 Å². The minimum absolute atomic E-state index is 0.596. The zero-order chi connectivity index (χ0) is 35.1. The number of nitrogens with zero attached hydrogens (tertiary/aromatic N) is 3. The lowest BCUT2D eigenvalue weighted by Crippen LogP contribution is -2.00. The molecule has 0 aliphatic carbocycles. The van der Waals surface area contributed by atoms with E-state index in [0.29, 0.717) is 17.5 Å². The lowest BCUT2D eigenvalue weighted by Gasteiger charge is -2.10.